The lowest BCUT2D eigenvalue weighted by Gasteiger charge is -2.30. The predicted molar refractivity (Wildman–Crippen MR) is 318 cm³/mol. The van der Waals surface area contributed by atoms with Gasteiger partial charge >= 0.3 is 0 Å². The minimum absolute atomic E-state index is 0.0321. The lowest BCUT2D eigenvalue weighted by atomic mass is 10.2. The number of rotatable bonds is 56. The fraction of sp³-hybridized carbons (Fsp3) is 0.907. The van der Waals surface area contributed by atoms with Gasteiger partial charge in [0, 0.05) is 222 Å². The average molecular weight is 1100 g/mol. The molecule has 10 N–H and O–H groups in total. The summed E-state index contributed by atoms with van der Waals surface area (Å²) in [5, 5.41) is 32.3. The monoisotopic (exact) mass is 1100 g/mol. The molecule has 0 atom stereocenters. The molecule has 23 heteroatoms. The molecule has 0 aliphatic heterocycles. The van der Waals surface area contributed by atoms with Crippen molar-refractivity contribution in [3.8, 4) is 0 Å². The third-order valence-electron chi connectivity index (χ3n) is 13.9. The van der Waals surface area contributed by atoms with E-state index >= 15 is 0 Å². The Morgan fingerprint density at radius 3 is 0.571 bits per heavy atom. The summed E-state index contributed by atoms with van der Waals surface area (Å²) in [6.07, 6.45) is 1.46. The van der Waals surface area contributed by atoms with Gasteiger partial charge in [-0.25, -0.2) is 0 Å². The first kappa shape index (κ1) is 73.8. The molecular weight excluding hydrogens is 981 g/mol. The maximum Gasteiger partial charge on any atom is 0.221 e. The molecule has 0 aliphatic carbocycles. The lowest BCUT2D eigenvalue weighted by Crippen LogP contribution is -2.44. The van der Waals surface area contributed by atoms with Gasteiger partial charge in [0.2, 0.25) is 29.5 Å². The smallest absolute Gasteiger partial charge is 0.221 e. The summed E-state index contributed by atoms with van der Waals surface area (Å²) in [5.41, 5.74) is 0. The average Bonchev–Trinajstić information content (AvgIpc) is 3.43. The maximum atomic E-state index is 13.3. The third-order valence-corrected chi connectivity index (χ3v) is 13.9. The summed E-state index contributed by atoms with van der Waals surface area (Å²) in [6, 6.07) is 0. The number of hydrogen-bond acceptors (Lipinski definition) is 18. The van der Waals surface area contributed by atoms with E-state index in [1.54, 1.807) is 0 Å². The van der Waals surface area contributed by atoms with Crippen molar-refractivity contribution in [1.29, 1.82) is 0 Å². The van der Waals surface area contributed by atoms with Crippen molar-refractivity contribution in [1.82, 2.24) is 92.4 Å². The van der Waals surface area contributed by atoms with E-state index in [1.165, 1.54) is 0 Å². The number of amides is 5. The number of carbonyl (C=O) groups excluding carboxylic acids is 5. The van der Waals surface area contributed by atoms with Gasteiger partial charge in [-0.2, -0.15) is 0 Å². The molecular formula is C54H118N18O5. The van der Waals surface area contributed by atoms with Crippen molar-refractivity contribution in [2.45, 2.75) is 66.7 Å². The zero-order chi connectivity index (χ0) is 57.2. The van der Waals surface area contributed by atoms with Crippen molar-refractivity contribution in [2.75, 3.05) is 258 Å². The largest absolute Gasteiger partial charge is 0.355 e. The Morgan fingerprint density at radius 2 is 0.403 bits per heavy atom. The van der Waals surface area contributed by atoms with Crippen LogP contribution in [0.1, 0.15) is 66.7 Å². The first-order chi connectivity index (χ1) is 37.1. The summed E-state index contributed by atoms with van der Waals surface area (Å²) < 4.78 is 0. The topological polar surface area (TPSA) is 232 Å². The van der Waals surface area contributed by atoms with E-state index in [2.05, 4.69) is 162 Å². The van der Waals surface area contributed by atoms with Crippen LogP contribution in [0.5, 0.6) is 0 Å². The highest BCUT2D eigenvalue weighted by atomic mass is 16.2. The molecule has 0 aromatic rings. The van der Waals surface area contributed by atoms with Gasteiger partial charge < -0.3 is 92.4 Å². The highest BCUT2D eigenvalue weighted by Gasteiger charge is 2.18. The normalized spacial score (nSPS) is 11.9. The van der Waals surface area contributed by atoms with Crippen molar-refractivity contribution >= 4 is 29.5 Å². The fourth-order valence-corrected chi connectivity index (χ4v) is 7.53. The van der Waals surface area contributed by atoms with E-state index < -0.39 is 0 Å². The SMILES string of the molecule is CCN(C)CCNCCNC(=O)CCN(CCC(=O)NCCNCCN(C)CC)CCN(CCC(=O)NCCNCCN(C)CC)CCN(CCC(=O)NCCNCCN(C)CC)CCC(=O)NCCNCCN(C)CC. The second kappa shape index (κ2) is 52.2. The Labute approximate surface area is 468 Å². The summed E-state index contributed by atoms with van der Waals surface area (Å²) in [4.78, 5) is 83.6. The van der Waals surface area contributed by atoms with E-state index in [1.807, 2.05) is 0 Å². The standard InChI is InChI=1S/C54H118N18O5/c1-11-65(6)41-31-55-21-26-60-50(73)16-36-70(37-17-51(74)61-27-22-56-32-42-66(7)12-2)46-48-72(40-20-54(77)64-30-25-59-35-45-69(10)15-5)49-47-71(38-18-52(75)62-28-23-57-33-43-67(8)13-3)39-19-53(76)63-29-24-58-34-44-68(9)14-4/h55-59H,11-49H2,1-10H3,(H,60,73)(H,61,74)(H,62,75)(H,63,76)(H,64,77). The maximum absolute atomic E-state index is 13.3. The molecule has 0 bridgehead atoms. The molecule has 0 radical (unpaired) electrons. The van der Waals surface area contributed by atoms with Gasteiger partial charge in [-0.1, -0.05) is 34.6 Å². The summed E-state index contributed by atoms with van der Waals surface area (Å²) >= 11 is 0. The molecule has 0 heterocycles. The summed E-state index contributed by atoms with van der Waals surface area (Å²) in [6.45, 7) is 35.3. The summed E-state index contributed by atoms with van der Waals surface area (Å²) in [5.74, 6) is -0.188. The van der Waals surface area contributed by atoms with Crippen LogP contribution in [0.4, 0.5) is 0 Å². The summed E-state index contributed by atoms with van der Waals surface area (Å²) in [7, 11) is 10.4. The molecule has 0 aliphatic rings. The van der Waals surface area contributed by atoms with E-state index in [-0.39, 0.29) is 55.2 Å². The molecule has 0 aromatic heterocycles. The van der Waals surface area contributed by atoms with Crippen LogP contribution in [0.15, 0.2) is 0 Å². The van der Waals surface area contributed by atoms with Crippen LogP contribution in [-0.2, 0) is 24.0 Å². The van der Waals surface area contributed by atoms with Crippen molar-refractivity contribution in [2.24, 2.45) is 0 Å². The van der Waals surface area contributed by atoms with E-state index in [0.29, 0.717) is 131 Å². The Kier molecular flexibility index (Phi) is 50.1. The quantitative estimate of drug-likeness (QED) is 0.0276. The van der Waals surface area contributed by atoms with Crippen molar-refractivity contribution in [3.05, 3.63) is 0 Å². The minimum Gasteiger partial charge on any atom is -0.355 e. The Bertz CT molecular complexity index is 1280. The number of likely N-dealkylation sites (N-methyl/N-ethyl adjacent to an activating group) is 5. The molecule has 0 unspecified atom stereocenters. The molecule has 0 fully saturated rings. The van der Waals surface area contributed by atoms with Gasteiger partial charge in [-0.05, 0) is 68.0 Å². The minimum atomic E-state index is -0.0389. The van der Waals surface area contributed by atoms with Crippen LogP contribution < -0.4 is 53.2 Å². The zero-order valence-corrected chi connectivity index (χ0v) is 50.7. The van der Waals surface area contributed by atoms with Gasteiger partial charge in [-0.3, -0.25) is 24.0 Å². The molecule has 0 rings (SSSR count). The van der Waals surface area contributed by atoms with Gasteiger partial charge in [0.15, 0.2) is 0 Å². The number of nitrogens with zero attached hydrogens (tertiary/aromatic N) is 8. The molecule has 0 spiro atoms. The van der Waals surface area contributed by atoms with Crippen LogP contribution in [0.3, 0.4) is 0 Å². The van der Waals surface area contributed by atoms with Gasteiger partial charge in [-0.15, -0.1) is 0 Å². The third kappa shape index (κ3) is 48.5. The highest BCUT2D eigenvalue weighted by molar-refractivity contribution is 5.77. The molecule has 0 aromatic carbocycles. The number of hydrogen-bond donors (Lipinski definition) is 10. The first-order valence-electron chi connectivity index (χ1n) is 29.6. The Morgan fingerprint density at radius 1 is 0.234 bits per heavy atom. The Balaban J connectivity index is 6.07. The first-order valence-corrected chi connectivity index (χ1v) is 29.6. The van der Waals surface area contributed by atoms with Crippen molar-refractivity contribution < 1.29 is 24.0 Å². The fourth-order valence-electron chi connectivity index (χ4n) is 7.53. The zero-order valence-electron chi connectivity index (χ0n) is 50.7. The van der Waals surface area contributed by atoms with Crippen LogP contribution in [0.25, 0.3) is 0 Å². The van der Waals surface area contributed by atoms with Crippen LogP contribution in [0, 0.1) is 0 Å². The van der Waals surface area contributed by atoms with Crippen LogP contribution >= 0.6 is 0 Å². The van der Waals surface area contributed by atoms with E-state index in [9.17, 15) is 24.0 Å². The highest BCUT2D eigenvalue weighted by Crippen LogP contribution is 2.03. The molecule has 5 amide bonds. The second-order valence-corrected chi connectivity index (χ2v) is 20.3. The lowest BCUT2D eigenvalue weighted by molar-refractivity contribution is -0.123. The Hall–Kier alpha value is -3.17. The second-order valence-electron chi connectivity index (χ2n) is 20.3. The molecule has 0 saturated carbocycles. The van der Waals surface area contributed by atoms with E-state index in [0.717, 1.165) is 98.2 Å². The number of nitrogens with one attached hydrogen (secondary N) is 10. The van der Waals surface area contributed by atoms with Gasteiger partial charge in [0.1, 0.15) is 0 Å². The molecule has 0 saturated heterocycles. The molecule has 77 heavy (non-hydrogen) atoms. The molecule has 23 nitrogen and oxygen atoms in total. The van der Waals surface area contributed by atoms with Crippen LogP contribution in [0.2, 0.25) is 0 Å². The van der Waals surface area contributed by atoms with Crippen LogP contribution in [-0.4, -0.2) is 326 Å². The van der Waals surface area contributed by atoms with Crippen molar-refractivity contribution in [3.63, 3.8) is 0 Å². The van der Waals surface area contributed by atoms with Gasteiger partial charge in [0.05, 0.1) is 0 Å². The number of carbonyl (C=O) groups is 5. The van der Waals surface area contributed by atoms with E-state index in [4.69, 9.17) is 0 Å². The molecule has 454 valence electrons. The predicted octanol–water partition coefficient (Wildman–Crippen LogP) is -2.87. The van der Waals surface area contributed by atoms with Gasteiger partial charge in [0.25, 0.3) is 0 Å².